The summed E-state index contributed by atoms with van der Waals surface area (Å²) in [4.78, 5) is 4.41. The Morgan fingerprint density at radius 2 is 1.36 bits per heavy atom. The van der Waals surface area contributed by atoms with Gasteiger partial charge in [0.1, 0.15) is 5.82 Å². The van der Waals surface area contributed by atoms with Crippen molar-refractivity contribution in [3.05, 3.63) is 11.9 Å². The minimum Gasteiger partial charge on any atom is -0.358 e. The van der Waals surface area contributed by atoms with E-state index in [-0.39, 0.29) is 0 Å². The summed E-state index contributed by atoms with van der Waals surface area (Å²) < 4.78 is 0. The molecule has 0 aromatic carbocycles. The third-order valence-electron chi connectivity index (χ3n) is 2.37. The summed E-state index contributed by atoms with van der Waals surface area (Å²) in [6, 6.07) is 2.12. The molecule has 0 spiro atoms. The largest absolute Gasteiger partial charge is 0.358 e. The van der Waals surface area contributed by atoms with Crippen LogP contribution in [0.3, 0.4) is 0 Å². The van der Waals surface area contributed by atoms with Gasteiger partial charge in [-0.3, -0.25) is 0 Å². The number of allylic oxidation sites excluding steroid dienone is 1. The second-order valence-corrected chi connectivity index (χ2v) is 2.98. The molecule has 0 heterocycles. The molecule has 0 N–H and O–H groups in total. The topological polar surface area (TPSA) is 30.3 Å². The average molecular weight is 195 g/mol. The standard InChI is InChI=1S/C11H21N3/c1-5-13(6-2)11(9-10-12)14(7-3)8-4/h9H,5-8H2,1-4H3. The first-order valence-electron chi connectivity index (χ1n) is 5.34. The molecule has 0 fully saturated rings. The van der Waals surface area contributed by atoms with E-state index in [1.54, 1.807) is 6.08 Å². The van der Waals surface area contributed by atoms with E-state index in [4.69, 9.17) is 5.26 Å². The Morgan fingerprint density at radius 1 is 1.00 bits per heavy atom. The molecule has 0 bridgehead atoms. The molecule has 80 valence electrons. The first-order valence-corrected chi connectivity index (χ1v) is 5.34. The first-order chi connectivity index (χ1) is 6.74. The summed E-state index contributed by atoms with van der Waals surface area (Å²) in [6.07, 6.45) is 1.64. The fraction of sp³-hybridized carbons (Fsp3) is 0.727. The van der Waals surface area contributed by atoms with E-state index < -0.39 is 0 Å². The number of hydrogen-bond acceptors (Lipinski definition) is 3. The van der Waals surface area contributed by atoms with Crippen molar-refractivity contribution < 1.29 is 0 Å². The Labute approximate surface area is 87.6 Å². The molecule has 0 amide bonds. The molecule has 0 aliphatic heterocycles. The molecule has 14 heavy (non-hydrogen) atoms. The van der Waals surface area contributed by atoms with Gasteiger partial charge in [-0.05, 0) is 27.7 Å². The van der Waals surface area contributed by atoms with Gasteiger partial charge in [-0.25, -0.2) is 0 Å². The molecule has 3 heteroatoms. The van der Waals surface area contributed by atoms with Crippen LogP contribution in [0.4, 0.5) is 0 Å². The minimum atomic E-state index is 0.945. The van der Waals surface area contributed by atoms with E-state index in [0.29, 0.717) is 0 Å². The molecule has 0 rings (SSSR count). The molecule has 0 aromatic heterocycles. The molecule has 0 aliphatic rings. The zero-order valence-corrected chi connectivity index (χ0v) is 9.75. The Bertz CT molecular complexity index is 193. The summed E-state index contributed by atoms with van der Waals surface area (Å²) >= 11 is 0. The number of nitriles is 1. The summed E-state index contributed by atoms with van der Waals surface area (Å²) in [5, 5.41) is 8.74. The SMILES string of the molecule is CCN(CC)C(=CC#N)N(CC)CC. The molecule has 0 atom stereocenters. The van der Waals surface area contributed by atoms with Crippen LogP contribution in [0, 0.1) is 11.3 Å². The van der Waals surface area contributed by atoms with Crippen molar-refractivity contribution in [2.75, 3.05) is 26.2 Å². The molecule has 0 saturated carbocycles. The lowest BCUT2D eigenvalue weighted by molar-refractivity contribution is 0.235. The van der Waals surface area contributed by atoms with E-state index >= 15 is 0 Å². The van der Waals surface area contributed by atoms with Gasteiger partial charge in [-0.15, -0.1) is 0 Å². The van der Waals surface area contributed by atoms with Crippen LogP contribution in [0.15, 0.2) is 11.9 Å². The predicted octanol–water partition coefficient (Wildman–Crippen LogP) is 2.03. The van der Waals surface area contributed by atoms with Gasteiger partial charge in [0.2, 0.25) is 0 Å². The van der Waals surface area contributed by atoms with Gasteiger partial charge in [0.25, 0.3) is 0 Å². The maximum absolute atomic E-state index is 8.74. The number of hydrogen-bond donors (Lipinski definition) is 0. The van der Waals surface area contributed by atoms with E-state index in [9.17, 15) is 0 Å². The van der Waals surface area contributed by atoms with Crippen molar-refractivity contribution in [1.29, 1.82) is 5.26 Å². The van der Waals surface area contributed by atoms with Crippen molar-refractivity contribution in [3.8, 4) is 6.07 Å². The summed E-state index contributed by atoms with van der Waals surface area (Å²) in [5.41, 5.74) is 0. The fourth-order valence-electron chi connectivity index (χ4n) is 1.54. The quantitative estimate of drug-likeness (QED) is 0.608. The van der Waals surface area contributed by atoms with Crippen LogP contribution < -0.4 is 0 Å². The maximum Gasteiger partial charge on any atom is 0.115 e. The highest BCUT2D eigenvalue weighted by molar-refractivity contribution is 5.11. The van der Waals surface area contributed by atoms with Crippen LogP contribution in [0.1, 0.15) is 27.7 Å². The van der Waals surface area contributed by atoms with E-state index in [2.05, 4.69) is 43.6 Å². The lowest BCUT2D eigenvalue weighted by Gasteiger charge is -2.32. The molecular weight excluding hydrogens is 174 g/mol. The van der Waals surface area contributed by atoms with Crippen molar-refractivity contribution >= 4 is 0 Å². The summed E-state index contributed by atoms with van der Waals surface area (Å²) in [6.45, 7) is 12.2. The Hall–Kier alpha value is -1.17. The lowest BCUT2D eigenvalue weighted by atomic mass is 10.4. The molecule has 0 aliphatic carbocycles. The maximum atomic E-state index is 8.74. The molecule has 0 aromatic rings. The fourth-order valence-corrected chi connectivity index (χ4v) is 1.54. The van der Waals surface area contributed by atoms with Crippen molar-refractivity contribution in [1.82, 2.24) is 9.80 Å². The second kappa shape index (κ2) is 7.25. The second-order valence-electron chi connectivity index (χ2n) is 2.98. The smallest absolute Gasteiger partial charge is 0.115 e. The van der Waals surface area contributed by atoms with Gasteiger partial charge in [-0.2, -0.15) is 5.26 Å². The number of rotatable bonds is 6. The Balaban J connectivity index is 4.75. The monoisotopic (exact) mass is 195 g/mol. The van der Waals surface area contributed by atoms with E-state index in [1.165, 1.54) is 0 Å². The van der Waals surface area contributed by atoms with Gasteiger partial charge in [0, 0.05) is 26.2 Å². The normalized spacial score (nSPS) is 9.07. The van der Waals surface area contributed by atoms with Gasteiger partial charge >= 0.3 is 0 Å². The Kier molecular flexibility index (Phi) is 6.65. The van der Waals surface area contributed by atoms with Crippen LogP contribution in [0.25, 0.3) is 0 Å². The average Bonchev–Trinajstić information content (AvgIpc) is 2.21. The third kappa shape index (κ3) is 3.29. The van der Waals surface area contributed by atoms with Gasteiger partial charge in [0.15, 0.2) is 0 Å². The third-order valence-corrected chi connectivity index (χ3v) is 2.37. The molecule has 0 radical (unpaired) electrons. The highest BCUT2D eigenvalue weighted by Crippen LogP contribution is 2.09. The van der Waals surface area contributed by atoms with Gasteiger partial charge in [-0.1, -0.05) is 0 Å². The van der Waals surface area contributed by atoms with Crippen LogP contribution in [-0.4, -0.2) is 36.0 Å². The highest BCUT2D eigenvalue weighted by atomic mass is 15.3. The van der Waals surface area contributed by atoms with Crippen LogP contribution in [-0.2, 0) is 0 Å². The highest BCUT2D eigenvalue weighted by Gasteiger charge is 2.10. The number of nitrogens with zero attached hydrogens (tertiary/aromatic N) is 3. The van der Waals surface area contributed by atoms with Crippen LogP contribution in [0.5, 0.6) is 0 Å². The van der Waals surface area contributed by atoms with Crippen molar-refractivity contribution in [3.63, 3.8) is 0 Å². The zero-order chi connectivity index (χ0) is 11.0. The summed E-state index contributed by atoms with van der Waals surface area (Å²) in [7, 11) is 0. The Morgan fingerprint density at radius 3 is 1.57 bits per heavy atom. The van der Waals surface area contributed by atoms with Crippen LogP contribution in [0.2, 0.25) is 0 Å². The molecular formula is C11H21N3. The van der Waals surface area contributed by atoms with Gasteiger partial charge in [0.05, 0.1) is 12.1 Å². The lowest BCUT2D eigenvalue weighted by Crippen LogP contribution is -2.35. The van der Waals surface area contributed by atoms with Crippen molar-refractivity contribution in [2.24, 2.45) is 0 Å². The van der Waals surface area contributed by atoms with Crippen molar-refractivity contribution in [2.45, 2.75) is 27.7 Å². The molecule has 3 nitrogen and oxygen atoms in total. The minimum absolute atomic E-state index is 0.945. The van der Waals surface area contributed by atoms with E-state index in [1.807, 2.05) is 0 Å². The first kappa shape index (κ1) is 12.8. The summed E-state index contributed by atoms with van der Waals surface area (Å²) in [5.74, 6) is 1.04. The van der Waals surface area contributed by atoms with Crippen LogP contribution >= 0.6 is 0 Å². The zero-order valence-electron chi connectivity index (χ0n) is 9.75. The molecule has 0 saturated heterocycles. The van der Waals surface area contributed by atoms with Gasteiger partial charge < -0.3 is 9.80 Å². The van der Waals surface area contributed by atoms with E-state index in [0.717, 1.165) is 32.0 Å². The molecule has 0 unspecified atom stereocenters. The predicted molar refractivity (Wildman–Crippen MR) is 59.5 cm³/mol.